The monoisotopic (exact) mass is 207 g/mol. The predicted molar refractivity (Wildman–Crippen MR) is 62.4 cm³/mol. The van der Waals surface area contributed by atoms with Gasteiger partial charge >= 0.3 is 0 Å². The third kappa shape index (κ3) is 3.17. The second kappa shape index (κ2) is 5.08. The van der Waals surface area contributed by atoms with Gasteiger partial charge < -0.3 is 5.32 Å². The molecule has 0 aromatic heterocycles. The first-order valence-electron chi connectivity index (χ1n) is 5.12. The lowest BCUT2D eigenvalue weighted by Gasteiger charge is -2.17. The number of halogens is 1. The molecule has 0 amide bonds. The Balaban J connectivity index is 2.96. The maximum absolute atomic E-state index is 13.7. The summed E-state index contributed by atoms with van der Waals surface area (Å²) < 4.78 is 13.7. The molecule has 0 spiro atoms. The van der Waals surface area contributed by atoms with Crippen molar-refractivity contribution in [1.29, 1.82) is 0 Å². The number of nitrogens with one attached hydrogen (secondary N) is 1. The third-order valence-corrected chi connectivity index (χ3v) is 2.43. The molecule has 0 bridgehead atoms. The van der Waals surface area contributed by atoms with Crippen molar-refractivity contribution >= 4 is 0 Å². The van der Waals surface area contributed by atoms with Gasteiger partial charge in [0, 0.05) is 11.6 Å². The fourth-order valence-electron chi connectivity index (χ4n) is 1.63. The first kappa shape index (κ1) is 11.9. The summed E-state index contributed by atoms with van der Waals surface area (Å²) in [7, 11) is 1.84. The van der Waals surface area contributed by atoms with Crippen LogP contribution in [-0.4, -0.2) is 7.05 Å². The maximum Gasteiger partial charge on any atom is 0.128 e. The minimum Gasteiger partial charge on any atom is -0.313 e. The van der Waals surface area contributed by atoms with Crippen molar-refractivity contribution in [2.75, 3.05) is 7.05 Å². The molecule has 1 aromatic carbocycles. The molecular weight excluding hydrogens is 189 g/mol. The smallest absolute Gasteiger partial charge is 0.128 e. The highest BCUT2D eigenvalue weighted by atomic mass is 19.1. The summed E-state index contributed by atoms with van der Waals surface area (Å²) in [6, 6.07) is 5.36. The molecule has 0 heterocycles. The molecule has 1 atom stereocenters. The van der Waals surface area contributed by atoms with Crippen molar-refractivity contribution in [3.05, 3.63) is 47.3 Å². The summed E-state index contributed by atoms with van der Waals surface area (Å²) >= 11 is 0. The van der Waals surface area contributed by atoms with Crippen molar-refractivity contribution in [3.63, 3.8) is 0 Å². The number of hydrogen-bond donors (Lipinski definition) is 1. The van der Waals surface area contributed by atoms with E-state index in [0.717, 1.165) is 17.6 Å². The van der Waals surface area contributed by atoms with E-state index < -0.39 is 0 Å². The number of hydrogen-bond acceptors (Lipinski definition) is 1. The molecule has 1 N–H and O–H groups in total. The van der Waals surface area contributed by atoms with Crippen LogP contribution in [0.4, 0.5) is 4.39 Å². The second-order valence-corrected chi connectivity index (χ2v) is 4.03. The Morgan fingerprint density at radius 1 is 1.53 bits per heavy atom. The minimum atomic E-state index is -0.143. The van der Waals surface area contributed by atoms with Crippen LogP contribution in [0.3, 0.4) is 0 Å². The van der Waals surface area contributed by atoms with Crippen LogP contribution in [0, 0.1) is 12.7 Å². The molecule has 1 rings (SSSR count). The normalized spacial score (nSPS) is 12.5. The van der Waals surface area contributed by atoms with Gasteiger partial charge in [0.05, 0.1) is 0 Å². The SMILES string of the molecule is C=C(C)CC(NC)c1ccc(C)cc1F. The second-order valence-electron chi connectivity index (χ2n) is 4.03. The van der Waals surface area contributed by atoms with E-state index in [1.54, 1.807) is 6.07 Å². The molecule has 82 valence electrons. The number of benzene rings is 1. The first-order valence-corrected chi connectivity index (χ1v) is 5.12. The van der Waals surface area contributed by atoms with E-state index >= 15 is 0 Å². The van der Waals surface area contributed by atoms with Crippen LogP contribution in [0.2, 0.25) is 0 Å². The van der Waals surface area contributed by atoms with Crippen molar-refractivity contribution in [2.45, 2.75) is 26.3 Å². The van der Waals surface area contributed by atoms with E-state index in [9.17, 15) is 4.39 Å². The van der Waals surface area contributed by atoms with Crippen LogP contribution in [0.5, 0.6) is 0 Å². The van der Waals surface area contributed by atoms with Gasteiger partial charge in [0.25, 0.3) is 0 Å². The van der Waals surface area contributed by atoms with Gasteiger partial charge in [0.2, 0.25) is 0 Å². The molecule has 0 saturated carbocycles. The molecule has 1 unspecified atom stereocenters. The zero-order valence-electron chi connectivity index (χ0n) is 9.60. The Bertz CT molecular complexity index is 358. The van der Waals surface area contributed by atoms with E-state index in [2.05, 4.69) is 11.9 Å². The fraction of sp³-hybridized carbons (Fsp3) is 0.385. The van der Waals surface area contributed by atoms with Gasteiger partial charge in [-0.1, -0.05) is 17.7 Å². The molecule has 0 radical (unpaired) electrons. The Labute approximate surface area is 91.0 Å². The lowest BCUT2D eigenvalue weighted by atomic mass is 9.99. The molecule has 0 fully saturated rings. The van der Waals surface area contributed by atoms with Crippen LogP contribution < -0.4 is 5.32 Å². The fourth-order valence-corrected chi connectivity index (χ4v) is 1.63. The Morgan fingerprint density at radius 3 is 2.67 bits per heavy atom. The van der Waals surface area contributed by atoms with Crippen LogP contribution >= 0.6 is 0 Å². The van der Waals surface area contributed by atoms with Crippen LogP contribution in [0.25, 0.3) is 0 Å². The Hall–Kier alpha value is -1.15. The predicted octanol–water partition coefficient (Wildman–Crippen LogP) is 3.36. The molecule has 0 saturated heterocycles. The summed E-state index contributed by atoms with van der Waals surface area (Å²) in [5.74, 6) is -0.143. The zero-order valence-corrected chi connectivity index (χ0v) is 9.60. The molecule has 0 aliphatic carbocycles. The first-order chi connectivity index (χ1) is 7.04. The summed E-state index contributed by atoms with van der Waals surface area (Å²) in [5.41, 5.74) is 2.71. The Morgan fingerprint density at radius 2 is 2.20 bits per heavy atom. The largest absolute Gasteiger partial charge is 0.313 e. The molecule has 1 aromatic rings. The third-order valence-electron chi connectivity index (χ3n) is 2.43. The molecule has 0 aliphatic rings. The highest BCUT2D eigenvalue weighted by Crippen LogP contribution is 2.23. The maximum atomic E-state index is 13.7. The molecule has 0 aliphatic heterocycles. The summed E-state index contributed by atoms with van der Waals surface area (Å²) in [4.78, 5) is 0. The summed E-state index contributed by atoms with van der Waals surface area (Å²) in [6.45, 7) is 7.70. The van der Waals surface area contributed by atoms with Crippen molar-refractivity contribution in [2.24, 2.45) is 0 Å². The van der Waals surface area contributed by atoms with Gasteiger partial charge in [-0.15, -0.1) is 6.58 Å². The highest BCUT2D eigenvalue weighted by molar-refractivity contribution is 5.27. The van der Waals surface area contributed by atoms with E-state index in [1.165, 1.54) is 0 Å². The van der Waals surface area contributed by atoms with E-state index in [-0.39, 0.29) is 11.9 Å². The van der Waals surface area contributed by atoms with Crippen LogP contribution in [0.15, 0.2) is 30.4 Å². The summed E-state index contributed by atoms with van der Waals surface area (Å²) in [5, 5.41) is 3.11. The Kier molecular flexibility index (Phi) is 4.04. The molecule has 2 heteroatoms. The zero-order chi connectivity index (χ0) is 11.4. The topological polar surface area (TPSA) is 12.0 Å². The lowest BCUT2D eigenvalue weighted by Crippen LogP contribution is -2.17. The van der Waals surface area contributed by atoms with Gasteiger partial charge in [0.15, 0.2) is 0 Å². The average molecular weight is 207 g/mol. The van der Waals surface area contributed by atoms with E-state index in [0.29, 0.717) is 5.56 Å². The van der Waals surface area contributed by atoms with E-state index in [1.807, 2.05) is 33.0 Å². The van der Waals surface area contributed by atoms with Gasteiger partial charge in [-0.2, -0.15) is 0 Å². The summed E-state index contributed by atoms with van der Waals surface area (Å²) in [6.07, 6.45) is 0.760. The highest BCUT2D eigenvalue weighted by Gasteiger charge is 2.13. The average Bonchev–Trinajstić information content (AvgIpc) is 2.14. The van der Waals surface area contributed by atoms with Gasteiger partial charge in [-0.3, -0.25) is 0 Å². The van der Waals surface area contributed by atoms with Crippen LogP contribution in [-0.2, 0) is 0 Å². The molecule has 1 nitrogen and oxygen atoms in total. The lowest BCUT2D eigenvalue weighted by molar-refractivity contribution is 0.532. The standard InChI is InChI=1S/C13H18FN/c1-9(2)7-13(15-4)11-6-5-10(3)8-12(11)14/h5-6,8,13,15H,1,7H2,2-4H3. The van der Waals surface area contributed by atoms with Crippen molar-refractivity contribution in [1.82, 2.24) is 5.32 Å². The quantitative estimate of drug-likeness (QED) is 0.746. The van der Waals surface area contributed by atoms with Crippen LogP contribution in [0.1, 0.15) is 30.5 Å². The number of aryl methyl sites for hydroxylation is 1. The van der Waals surface area contributed by atoms with Crippen molar-refractivity contribution < 1.29 is 4.39 Å². The van der Waals surface area contributed by atoms with E-state index in [4.69, 9.17) is 0 Å². The minimum absolute atomic E-state index is 0.0168. The van der Waals surface area contributed by atoms with Gasteiger partial charge in [0.1, 0.15) is 5.82 Å². The number of rotatable bonds is 4. The molecule has 15 heavy (non-hydrogen) atoms. The van der Waals surface area contributed by atoms with Gasteiger partial charge in [-0.25, -0.2) is 4.39 Å². The van der Waals surface area contributed by atoms with Crippen molar-refractivity contribution in [3.8, 4) is 0 Å². The molecular formula is C13H18FN. The van der Waals surface area contributed by atoms with Gasteiger partial charge in [-0.05, 0) is 38.9 Å².